The Bertz CT molecular complexity index is 1130. The molecule has 1 atom stereocenters. The van der Waals surface area contributed by atoms with Gasteiger partial charge in [-0.1, -0.05) is 37.3 Å². The molecule has 2 aromatic heterocycles. The number of hydrogen-bond donors (Lipinski definition) is 3. The van der Waals surface area contributed by atoms with Crippen LogP contribution in [-0.2, 0) is 16.0 Å². The van der Waals surface area contributed by atoms with E-state index in [1.54, 1.807) is 6.20 Å². The first-order valence-electron chi connectivity index (χ1n) is 11.4. The number of ether oxygens (including phenoxy) is 1. The predicted octanol–water partition coefficient (Wildman–Crippen LogP) is 2.51. The highest BCUT2D eigenvalue weighted by atomic mass is 16.5. The first-order valence-corrected chi connectivity index (χ1v) is 11.4. The van der Waals surface area contributed by atoms with Crippen LogP contribution in [0.15, 0.2) is 41.3 Å². The summed E-state index contributed by atoms with van der Waals surface area (Å²) in [4.78, 5) is 42.5. The maximum atomic E-state index is 12.7. The Balaban J connectivity index is 1.37. The van der Waals surface area contributed by atoms with Crippen molar-refractivity contribution < 1.29 is 9.53 Å². The van der Waals surface area contributed by atoms with Crippen LogP contribution in [0, 0.1) is 6.92 Å². The van der Waals surface area contributed by atoms with Crippen LogP contribution >= 0.6 is 0 Å². The van der Waals surface area contributed by atoms with E-state index in [1.165, 1.54) is 0 Å². The van der Waals surface area contributed by atoms with Gasteiger partial charge in [0.15, 0.2) is 0 Å². The lowest BCUT2D eigenvalue weighted by atomic mass is 10.1. The summed E-state index contributed by atoms with van der Waals surface area (Å²) in [6.07, 6.45) is 3.01. The fourth-order valence-electron chi connectivity index (χ4n) is 3.96. The van der Waals surface area contributed by atoms with Gasteiger partial charge >= 0.3 is 0 Å². The third kappa shape index (κ3) is 5.48. The van der Waals surface area contributed by atoms with Gasteiger partial charge in [0.05, 0.1) is 31.1 Å². The highest BCUT2D eigenvalue weighted by Crippen LogP contribution is 2.20. The summed E-state index contributed by atoms with van der Waals surface area (Å²) < 4.78 is 5.35. The first kappa shape index (κ1) is 22.7. The molecular formula is C24H30N6O3. The van der Waals surface area contributed by atoms with E-state index in [-0.39, 0.29) is 23.9 Å². The number of aromatic amines is 2. The van der Waals surface area contributed by atoms with Crippen molar-refractivity contribution >= 4 is 11.9 Å². The van der Waals surface area contributed by atoms with E-state index < -0.39 is 0 Å². The van der Waals surface area contributed by atoms with Crippen molar-refractivity contribution in [1.82, 2.24) is 25.3 Å². The lowest BCUT2D eigenvalue weighted by Gasteiger charge is -2.27. The second-order valence-corrected chi connectivity index (χ2v) is 8.13. The summed E-state index contributed by atoms with van der Waals surface area (Å²) in [7, 11) is 0. The van der Waals surface area contributed by atoms with E-state index in [1.807, 2.05) is 49.1 Å². The Kier molecular flexibility index (Phi) is 7.19. The standard InChI is InChI=1S/C24H30N6O3/c1-3-19(22-25-15-20(28-22)17-7-5-4-6-8-17)27-21(31)10-9-18-16(2)26-24(29-23(18)32)30-11-13-33-14-12-30/h4-8,15,19H,3,9-14H2,1-2H3,(H,25,28)(H,27,31)(H,26,29,32). The molecule has 0 aliphatic carbocycles. The largest absolute Gasteiger partial charge is 0.378 e. The van der Waals surface area contributed by atoms with Gasteiger partial charge in [-0.3, -0.25) is 14.6 Å². The van der Waals surface area contributed by atoms with Crippen molar-refractivity contribution in [2.75, 3.05) is 31.2 Å². The van der Waals surface area contributed by atoms with Crippen LogP contribution in [0.5, 0.6) is 0 Å². The highest BCUT2D eigenvalue weighted by Gasteiger charge is 2.19. The van der Waals surface area contributed by atoms with Gasteiger partial charge in [0.25, 0.3) is 5.56 Å². The lowest BCUT2D eigenvalue weighted by molar-refractivity contribution is -0.121. The zero-order chi connectivity index (χ0) is 23.2. The number of rotatable bonds is 8. The molecule has 9 heteroatoms. The van der Waals surface area contributed by atoms with E-state index >= 15 is 0 Å². The topological polar surface area (TPSA) is 116 Å². The van der Waals surface area contributed by atoms with Crippen molar-refractivity contribution in [3.05, 3.63) is 64.0 Å². The quantitative estimate of drug-likeness (QED) is 0.486. The van der Waals surface area contributed by atoms with Crippen LogP contribution in [0.25, 0.3) is 11.3 Å². The summed E-state index contributed by atoms with van der Waals surface area (Å²) >= 11 is 0. The third-order valence-corrected chi connectivity index (χ3v) is 5.88. The molecule has 1 fully saturated rings. The van der Waals surface area contributed by atoms with Gasteiger partial charge in [-0.15, -0.1) is 0 Å². The molecular weight excluding hydrogens is 420 g/mol. The molecule has 0 bridgehead atoms. The first-order chi connectivity index (χ1) is 16.0. The summed E-state index contributed by atoms with van der Waals surface area (Å²) in [5.74, 6) is 1.15. The number of nitrogens with zero attached hydrogens (tertiary/aromatic N) is 3. The monoisotopic (exact) mass is 450 g/mol. The lowest BCUT2D eigenvalue weighted by Crippen LogP contribution is -2.38. The number of aromatic nitrogens is 4. The smallest absolute Gasteiger partial charge is 0.255 e. The molecule has 1 amide bonds. The fourth-order valence-corrected chi connectivity index (χ4v) is 3.96. The number of H-pyrrole nitrogens is 2. The van der Waals surface area contributed by atoms with Crippen molar-refractivity contribution in [2.45, 2.75) is 39.2 Å². The van der Waals surface area contributed by atoms with Crippen LogP contribution in [0.3, 0.4) is 0 Å². The molecule has 0 radical (unpaired) electrons. The van der Waals surface area contributed by atoms with E-state index in [9.17, 15) is 9.59 Å². The molecule has 0 saturated carbocycles. The second-order valence-electron chi connectivity index (χ2n) is 8.13. The van der Waals surface area contributed by atoms with Gasteiger partial charge in [0.1, 0.15) is 5.82 Å². The Morgan fingerprint density at radius 3 is 2.67 bits per heavy atom. The fraction of sp³-hybridized carbons (Fsp3) is 0.417. The van der Waals surface area contributed by atoms with E-state index in [0.29, 0.717) is 56.4 Å². The molecule has 3 N–H and O–H groups in total. The molecule has 1 aliphatic heterocycles. The van der Waals surface area contributed by atoms with E-state index in [4.69, 9.17) is 4.74 Å². The molecule has 4 rings (SSSR count). The number of nitrogens with one attached hydrogen (secondary N) is 3. The van der Waals surface area contributed by atoms with Gasteiger partial charge in [-0.05, 0) is 25.3 Å². The minimum Gasteiger partial charge on any atom is -0.378 e. The number of carbonyl (C=O) groups is 1. The number of benzene rings is 1. The number of hydrogen-bond acceptors (Lipinski definition) is 6. The van der Waals surface area contributed by atoms with Gasteiger partial charge in [0, 0.05) is 30.8 Å². The zero-order valence-electron chi connectivity index (χ0n) is 19.1. The molecule has 1 aromatic carbocycles. The maximum absolute atomic E-state index is 12.7. The third-order valence-electron chi connectivity index (χ3n) is 5.88. The average Bonchev–Trinajstić information content (AvgIpc) is 3.33. The maximum Gasteiger partial charge on any atom is 0.255 e. The van der Waals surface area contributed by atoms with Crippen LogP contribution in [0.1, 0.15) is 42.9 Å². The van der Waals surface area contributed by atoms with E-state index in [0.717, 1.165) is 17.1 Å². The molecule has 0 spiro atoms. The van der Waals surface area contributed by atoms with Crippen molar-refractivity contribution in [3.63, 3.8) is 0 Å². The van der Waals surface area contributed by atoms with Gasteiger partial charge in [0.2, 0.25) is 11.9 Å². The molecule has 3 aromatic rings. The summed E-state index contributed by atoms with van der Waals surface area (Å²) in [5.41, 5.74) is 2.95. The normalized spacial score (nSPS) is 14.8. The van der Waals surface area contributed by atoms with Crippen LogP contribution in [-0.4, -0.2) is 52.1 Å². The number of amides is 1. The minimum absolute atomic E-state index is 0.129. The summed E-state index contributed by atoms with van der Waals surface area (Å²) in [6, 6.07) is 9.71. The SMILES string of the molecule is CCC(NC(=O)CCc1c(C)nc(N2CCOCC2)[nH]c1=O)c1ncc(-c2ccccc2)[nH]1. The Morgan fingerprint density at radius 2 is 1.97 bits per heavy atom. The zero-order valence-corrected chi connectivity index (χ0v) is 19.1. The molecule has 1 unspecified atom stereocenters. The van der Waals surface area contributed by atoms with Gasteiger partial charge in [-0.2, -0.15) is 0 Å². The highest BCUT2D eigenvalue weighted by molar-refractivity contribution is 5.76. The molecule has 1 aliphatic rings. The van der Waals surface area contributed by atoms with Crippen molar-refractivity contribution in [2.24, 2.45) is 0 Å². The Hall–Kier alpha value is -3.46. The average molecular weight is 451 g/mol. The molecule has 9 nitrogen and oxygen atoms in total. The second kappa shape index (κ2) is 10.4. The van der Waals surface area contributed by atoms with Crippen LogP contribution in [0.2, 0.25) is 0 Å². The number of imidazole rings is 1. The summed E-state index contributed by atoms with van der Waals surface area (Å²) in [5, 5.41) is 3.03. The van der Waals surface area contributed by atoms with E-state index in [2.05, 4.69) is 25.3 Å². The van der Waals surface area contributed by atoms with Crippen molar-refractivity contribution in [3.8, 4) is 11.3 Å². The molecule has 3 heterocycles. The number of carbonyl (C=O) groups excluding carboxylic acids is 1. The van der Waals surface area contributed by atoms with Crippen molar-refractivity contribution in [1.29, 1.82) is 0 Å². The summed E-state index contributed by atoms with van der Waals surface area (Å²) in [6.45, 7) is 6.44. The number of aryl methyl sites for hydroxylation is 1. The predicted molar refractivity (Wildman–Crippen MR) is 126 cm³/mol. The molecule has 174 valence electrons. The molecule has 1 saturated heterocycles. The number of morpholine rings is 1. The van der Waals surface area contributed by atoms with Gasteiger partial charge < -0.3 is 19.9 Å². The van der Waals surface area contributed by atoms with Crippen LogP contribution < -0.4 is 15.8 Å². The minimum atomic E-state index is -0.226. The molecule has 33 heavy (non-hydrogen) atoms. The Morgan fingerprint density at radius 1 is 1.21 bits per heavy atom. The van der Waals surface area contributed by atoms with Gasteiger partial charge in [-0.25, -0.2) is 9.97 Å². The number of anilines is 1. The Labute approximate surface area is 192 Å². The van der Waals surface area contributed by atoms with Crippen LogP contribution in [0.4, 0.5) is 5.95 Å².